The van der Waals surface area contributed by atoms with Crippen molar-refractivity contribution in [2.24, 2.45) is 5.73 Å². The maximum Gasteiger partial charge on any atom is 0.128 e. The third-order valence-electron chi connectivity index (χ3n) is 4.08. The molecule has 2 heterocycles. The third-order valence-corrected chi connectivity index (χ3v) is 4.08. The van der Waals surface area contributed by atoms with E-state index in [2.05, 4.69) is 45.1 Å². The molecule has 0 bridgehead atoms. The van der Waals surface area contributed by atoms with E-state index >= 15 is 0 Å². The highest BCUT2D eigenvalue weighted by atomic mass is 15.3. The Bertz CT molecular complexity index is 562. The van der Waals surface area contributed by atoms with Crippen LogP contribution in [0.2, 0.25) is 0 Å². The highest BCUT2D eigenvalue weighted by Crippen LogP contribution is 2.16. The molecule has 1 fully saturated rings. The summed E-state index contributed by atoms with van der Waals surface area (Å²) in [5, 5.41) is 0. The fraction of sp³-hybridized carbons (Fsp3) is 0.353. The third kappa shape index (κ3) is 3.40. The lowest BCUT2D eigenvalue weighted by Crippen LogP contribution is -2.46. The molecule has 0 unspecified atom stereocenters. The maximum absolute atomic E-state index is 5.82. The van der Waals surface area contributed by atoms with Gasteiger partial charge in [-0.25, -0.2) is 4.98 Å². The molecule has 4 heteroatoms. The van der Waals surface area contributed by atoms with E-state index in [4.69, 9.17) is 5.73 Å². The van der Waals surface area contributed by atoms with Crippen LogP contribution in [0, 0.1) is 0 Å². The molecule has 0 spiro atoms. The van der Waals surface area contributed by atoms with Crippen molar-refractivity contribution in [3.8, 4) is 0 Å². The summed E-state index contributed by atoms with van der Waals surface area (Å²) in [6.45, 7) is 5.79. The number of rotatable bonds is 4. The van der Waals surface area contributed by atoms with Gasteiger partial charge in [-0.05, 0) is 23.3 Å². The van der Waals surface area contributed by atoms with Crippen molar-refractivity contribution in [2.75, 3.05) is 31.1 Å². The Morgan fingerprint density at radius 1 is 0.905 bits per heavy atom. The van der Waals surface area contributed by atoms with Crippen LogP contribution >= 0.6 is 0 Å². The first kappa shape index (κ1) is 14.0. The van der Waals surface area contributed by atoms with Crippen LogP contribution in [0.4, 0.5) is 5.82 Å². The molecular formula is C17H22N4. The molecule has 0 saturated carbocycles. The number of aromatic nitrogens is 1. The molecule has 1 aromatic carbocycles. The SMILES string of the molecule is NCc1ccccc1CN1CCN(c2ccccn2)CC1. The lowest BCUT2D eigenvalue weighted by atomic mass is 10.1. The average molecular weight is 282 g/mol. The zero-order valence-electron chi connectivity index (χ0n) is 12.3. The Morgan fingerprint density at radius 3 is 2.29 bits per heavy atom. The summed E-state index contributed by atoms with van der Waals surface area (Å²) in [7, 11) is 0. The molecule has 1 aliphatic heterocycles. The number of piperazine rings is 1. The topological polar surface area (TPSA) is 45.4 Å². The molecule has 1 aliphatic rings. The van der Waals surface area contributed by atoms with E-state index in [9.17, 15) is 0 Å². The van der Waals surface area contributed by atoms with Crippen LogP contribution in [0.1, 0.15) is 11.1 Å². The first-order chi connectivity index (χ1) is 10.4. The second-order valence-corrected chi connectivity index (χ2v) is 5.42. The van der Waals surface area contributed by atoms with E-state index in [0.717, 1.165) is 38.5 Å². The van der Waals surface area contributed by atoms with Gasteiger partial charge in [0.2, 0.25) is 0 Å². The first-order valence-corrected chi connectivity index (χ1v) is 7.52. The second kappa shape index (κ2) is 6.70. The largest absolute Gasteiger partial charge is 0.354 e. The van der Waals surface area contributed by atoms with Crippen molar-refractivity contribution in [3.05, 3.63) is 59.8 Å². The minimum absolute atomic E-state index is 0.615. The van der Waals surface area contributed by atoms with Crippen LogP contribution in [-0.2, 0) is 13.1 Å². The van der Waals surface area contributed by atoms with Crippen molar-refractivity contribution in [1.29, 1.82) is 0 Å². The molecule has 110 valence electrons. The molecule has 2 N–H and O–H groups in total. The Kier molecular flexibility index (Phi) is 4.48. The summed E-state index contributed by atoms with van der Waals surface area (Å²) in [4.78, 5) is 9.28. The fourth-order valence-electron chi connectivity index (χ4n) is 2.83. The molecule has 4 nitrogen and oxygen atoms in total. The summed E-state index contributed by atoms with van der Waals surface area (Å²) in [6.07, 6.45) is 1.86. The van der Waals surface area contributed by atoms with E-state index < -0.39 is 0 Å². The van der Waals surface area contributed by atoms with Crippen LogP contribution in [0.3, 0.4) is 0 Å². The highest BCUT2D eigenvalue weighted by molar-refractivity contribution is 5.38. The molecule has 0 aliphatic carbocycles. The predicted octanol–water partition coefficient (Wildman–Crippen LogP) is 1.86. The van der Waals surface area contributed by atoms with Crippen molar-refractivity contribution >= 4 is 5.82 Å². The summed E-state index contributed by atoms with van der Waals surface area (Å²) >= 11 is 0. The Hall–Kier alpha value is -1.91. The van der Waals surface area contributed by atoms with Gasteiger partial charge in [0.05, 0.1) is 0 Å². The van der Waals surface area contributed by atoms with E-state index in [1.807, 2.05) is 18.3 Å². The van der Waals surface area contributed by atoms with Crippen molar-refractivity contribution in [3.63, 3.8) is 0 Å². The van der Waals surface area contributed by atoms with Crippen LogP contribution in [0.15, 0.2) is 48.7 Å². The summed E-state index contributed by atoms with van der Waals surface area (Å²) in [6, 6.07) is 14.6. The molecule has 2 aromatic rings. The molecule has 1 saturated heterocycles. The second-order valence-electron chi connectivity index (χ2n) is 5.42. The van der Waals surface area contributed by atoms with Crippen molar-refractivity contribution in [2.45, 2.75) is 13.1 Å². The quantitative estimate of drug-likeness (QED) is 0.930. The van der Waals surface area contributed by atoms with Crippen LogP contribution in [0.5, 0.6) is 0 Å². The van der Waals surface area contributed by atoms with Gasteiger partial charge in [0.1, 0.15) is 5.82 Å². The van der Waals surface area contributed by atoms with Gasteiger partial charge in [0.15, 0.2) is 0 Å². The van der Waals surface area contributed by atoms with E-state index in [0.29, 0.717) is 6.54 Å². The number of benzene rings is 1. The average Bonchev–Trinajstić information content (AvgIpc) is 2.57. The Morgan fingerprint density at radius 2 is 1.62 bits per heavy atom. The van der Waals surface area contributed by atoms with Gasteiger partial charge in [0.25, 0.3) is 0 Å². The fourth-order valence-corrected chi connectivity index (χ4v) is 2.83. The molecule has 0 atom stereocenters. The lowest BCUT2D eigenvalue weighted by molar-refractivity contribution is 0.248. The number of anilines is 1. The van der Waals surface area contributed by atoms with Gasteiger partial charge >= 0.3 is 0 Å². The number of hydrogen-bond acceptors (Lipinski definition) is 4. The lowest BCUT2D eigenvalue weighted by Gasteiger charge is -2.35. The summed E-state index contributed by atoms with van der Waals surface area (Å²) in [5.74, 6) is 1.08. The highest BCUT2D eigenvalue weighted by Gasteiger charge is 2.18. The van der Waals surface area contributed by atoms with E-state index in [-0.39, 0.29) is 0 Å². The van der Waals surface area contributed by atoms with Crippen molar-refractivity contribution < 1.29 is 0 Å². The monoisotopic (exact) mass is 282 g/mol. The maximum atomic E-state index is 5.82. The molecule has 21 heavy (non-hydrogen) atoms. The van der Waals surface area contributed by atoms with Gasteiger partial charge < -0.3 is 10.6 Å². The molecule has 0 amide bonds. The zero-order chi connectivity index (χ0) is 14.5. The van der Waals surface area contributed by atoms with E-state index in [1.165, 1.54) is 11.1 Å². The number of nitrogens with two attached hydrogens (primary N) is 1. The predicted molar refractivity (Wildman–Crippen MR) is 86.1 cm³/mol. The van der Waals surface area contributed by atoms with Gasteiger partial charge in [-0.3, -0.25) is 4.90 Å². The number of hydrogen-bond donors (Lipinski definition) is 1. The molecule has 3 rings (SSSR count). The molecule has 0 radical (unpaired) electrons. The van der Waals surface area contributed by atoms with Crippen molar-refractivity contribution in [1.82, 2.24) is 9.88 Å². The zero-order valence-corrected chi connectivity index (χ0v) is 12.3. The number of nitrogens with zero attached hydrogens (tertiary/aromatic N) is 3. The van der Waals surface area contributed by atoms with Gasteiger partial charge in [0, 0.05) is 45.5 Å². The van der Waals surface area contributed by atoms with Gasteiger partial charge in [-0.2, -0.15) is 0 Å². The minimum atomic E-state index is 0.615. The summed E-state index contributed by atoms with van der Waals surface area (Å²) in [5.41, 5.74) is 8.43. The Labute approximate surface area is 126 Å². The standard InChI is InChI=1S/C17H22N4/c18-13-15-5-1-2-6-16(15)14-20-9-11-21(12-10-20)17-7-3-4-8-19-17/h1-8H,9-14,18H2. The van der Waals surface area contributed by atoms with Gasteiger partial charge in [-0.1, -0.05) is 30.3 Å². The normalized spacial score (nSPS) is 16.1. The van der Waals surface area contributed by atoms with Gasteiger partial charge in [-0.15, -0.1) is 0 Å². The summed E-state index contributed by atoms with van der Waals surface area (Å²) < 4.78 is 0. The minimum Gasteiger partial charge on any atom is -0.354 e. The molecule has 1 aromatic heterocycles. The van der Waals surface area contributed by atoms with Crippen LogP contribution in [0.25, 0.3) is 0 Å². The first-order valence-electron chi connectivity index (χ1n) is 7.52. The molecular weight excluding hydrogens is 260 g/mol. The van der Waals surface area contributed by atoms with Crippen LogP contribution < -0.4 is 10.6 Å². The van der Waals surface area contributed by atoms with Crippen LogP contribution in [-0.4, -0.2) is 36.1 Å². The van der Waals surface area contributed by atoms with E-state index in [1.54, 1.807) is 0 Å². The smallest absolute Gasteiger partial charge is 0.128 e. The Balaban J connectivity index is 1.59. The number of pyridine rings is 1.